The fourth-order valence-electron chi connectivity index (χ4n) is 6.14. The maximum absolute atomic E-state index is 12.6. The molecule has 34 heavy (non-hydrogen) atoms. The van der Waals surface area contributed by atoms with Gasteiger partial charge in [-0.25, -0.2) is 0 Å². The highest BCUT2D eigenvalue weighted by Gasteiger charge is 2.38. The SMILES string of the molecule is COC(=O)C[C@@H](c1ccccc1)[C@H](C(=S)N(C1CCCCC1)C1CCCCC1)c1ccccc1. The Hall–Kier alpha value is -2.20. The Kier molecular flexibility index (Phi) is 9.15. The van der Waals surface area contributed by atoms with Gasteiger partial charge < -0.3 is 9.64 Å². The topological polar surface area (TPSA) is 29.5 Å². The Morgan fingerprint density at radius 1 is 0.824 bits per heavy atom. The Bertz CT molecular complexity index is 886. The van der Waals surface area contributed by atoms with Crippen LogP contribution in [0.15, 0.2) is 60.7 Å². The van der Waals surface area contributed by atoms with Crippen molar-refractivity contribution in [2.75, 3.05) is 7.11 Å². The van der Waals surface area contributed by atoms with E-state index in [-0.39, 0.29) is 17.8 Å². The summed E-state index contributed by atoms with van der Waals surface area (Å²) in [5, 5.41) is 0. The van der Waals surface area contributed by atoms with Gasteiger partial charge in [-0.15, -0.1) is 0 Å². The molecule has 0 spiro atoms. The lowest BCUT2D eigenvalue weighted by Crippen LogP contribution is -2.50. The molecule has 2 saturated carbocycles. The zero-order chi connectivity index (χ0) is 23.8. The van der Waals surface area contributed by atoms with Crippen molar-refractivity contribution < 1.29 is 9.53 Å². The molecule has 0 aliphatic heterocycles. The minimum Gasteiger partial charge on any atom is -0.469 e. The second-order valence-corrected chi connectivity index (χ2v) is 10.4. The van der Waals surface area contributed by atoms with Crippen molar-refractivity contribution in [1.82, 2.24) is 4.90 Å². The van der Waals surface area contributed by atoms with E-state index < -0.39 is 0 Å². The third-order valence-electron chi connectivity index (χ3n) is 7.86. The molecule has 4 heteroatoms. The lowest BCUT2D eigenvalue weighted by molar-refractivity contribution is -0.141. The van der Waals surface area contributed by atoms with Crippen molar-refractivity contribution >= 4 is 23.2 Å². The van der Waals surface area contributed by atoms with E-state index in [0.29, 0.717) is 18.5 Å². The van der Waals surface area contributed by atoms with Gasteiger partial charge in [0.05, 0.1) is 18.5 Å². The van der Waals surface area contributed by atoms with Crippen molar-refractivity contribution in [2.45, 2.75) is 94.5 Å². The van der Waals surface area contributed by atoms with Gasteiger partial charge in [0.1, 0.15) is 0 Å². The second-order valence-electron chi connectivity index (χ2n) is 10.0. The number of hydrogen-bond acceptors (Lipinski definition) is 3. The molecule has 2 fully saturated rings. The third kappa shape index (κ3) is 6.07. The fraction of sp³-hybridized carbons (Fsp3) is 0.533. The second kappa shape index (κ2) is 12.5. The molecule has 3 nitrogen and oxygen atoms in total. The molecule has 2 aliphatic carbocycles. The smallest absolute Gasteiger partial charge is 0.306 e. The van der Waals surface area contributed by atoms with Crippen LogP contribution in [0.1, 0.15) is 93.6 Å². The summed E-state index contributed by atoms with van der Waals surface area (Å²) in [5.41, 5.74) is 2.35. The predicted molar refractivity (Wildman–Crippen MR) is 143 cm³/mol. The van der Waals surface area contributed by atoms with Crippen LogP contribution in [0.5, 0.6) is 0 Å². The maximum Gasteiger partial charge on any atom is 0.306 e. The minimum absolute atomic E-state index is 0.0402. The van der Waals surface area contributed by atoms with E-state index in [1.54, 1.807) is 0 Å². The molecule has 0 N–H and O–H groups in total. The lowest BCUT2D eigenvalue weighted by Gasteiger charge is -2.46. The predicted octanol–water partition coefficient (Wildman–Crippen LogP) is 7.41. The normalized spacial score (nSPS) is 19.2. The molecule has 182 valence electrons. The summed E-state index contributed by atoms with van der Waals surface area (Å²) < 4.78 is 5.17. The van der Waals surface area contributed by atoms with Gasteiger partial charge in [0.2, 0.25) is 0 Å². The average Bonchev–Trinajstić information content (AvgIpc) is 2.91. The standard InChI is InChI=1S/C30H39NO2S/c1-33-28(32)22-27(23-14-6-2-7-15-23)29(24-16-8-3-9-17-24)30(34)31(25-18-10-4-11-19-25)26-20-12-5-13-21-26/h2-3,6-9,14-17,25-27,29H,4-5,10-13,18-22H2,1H3/t27-,29+/m0/s1. The molecule has 4 rings (SSSR count). The van der Waals surface area contributed by atoms with Gasteiger partial charge in [-0.3, -0.25) is 4.79 Å². The van der Waals surface area contributed by atoms with Crippen LogP contribution in [-0.2, 0) is 9.53 Å². The Morgan fingerprint density at radius 3 is 1.76 bits per heavy atom. The van der Waals surface area contributed by atoms with Gasteiger partial charge in [0.25, 0.3) is 0 Å². The van der Waals surface area contributed by atoms with Gasteiger partial charge in [-0.1, -0.05) is 111 Å². The molecule has 2 aromatic carbocycles. The largest absolute Gasteiger partial charge is 0.469 e. The van der Waals surface area contributed by atoms with Crippen LogP contribution in [0, 0.1) is 0 Å². The highest BCUT2D eigenvalue weighted by molar-refractivity contribution is 7.80. The van der Waals surface area contributed by atoms with Crippen LogP contribution in [0.2, 0.25) is 0 Å². The van der Waals surface area contributed by atoms with E-state index in [1.165, 1.54) is 76.9 Å². The summed E-state index contributed by atoms with van der Waals surface area (Å²) in [4.78, 5) is 16.3. The van der Waals surface area contributed by atoms with Gasteiger partial charge in [0, 0.05) is 23.9 Å². The molecular formula is C30H39NO2S. The van der Waals surface area contributed by atoms with Crippen molar-refractivity contribution in [3.8, 4) is 0 Å². The summed E-state index contributed by atoms with van der Waals surface area (Å²) in [6, 6.07) is 22.1. The lowest BCUT2D eigenvalue weighted by atomic mass is 9.77. The first kappa shape index (κ1) is 24.9. The summed E-state index contributed by atoms with van der Waals surface area (Å²) in [6.07, 6.45) is 13.1. The first-order valence-electron chi connectivity index (χ1n) is 13.2. The van der Waals surface area contributed by atoms with Crippen LogP contribution in [0.3, 0.4) is 0 Å². The Balaban J connectivity index is 1.77. The van der Waals surface area contributed by atoms with Crippen molar-refractivity contribution in [1.29, 1.82) is 0 Å². The van der Waals surface area contributed by atoms with Gasteiger partial charge >= 0.3 is 5.97 Å². The van der Waals surface area contributed by atoms with E-state index in [1.807, 2.05) is 6.07 Å². The van der Waals surface area contributed by atoms with E-state index in [4.69, 9.17) is 17.0 Å². The molecule has 2 atom stereocenters. The van der Waals surface area contributed by atoms with Crippen LogP contribution < -0.4 is 0 Å². The van der Waals surface area contributed by atoms with Crippen molar-refractivity contribution in [3.63, 3.8) is 0 Å². The average molecular weight is 478 g/mol. The third-order valence-corrected chi connectivity index (χ3v) is 8.32. The highest BCUT2D eigenvalue weighted by Crippen LogP contribution is 2.41. The molecular weight excluding hydrogens is 438 g/mol. The minimum atomic E-state index is -0.181. The number of rotatable bonds is 8. The van der Waals surface area contributed by atoms with E-state index in [2.05, 4.69) is 59.5 Å². The maximum atomic E-state index is 12.6. The molecule has 0 amide bonds. The first-order chi connectivity index (χ1) is 16.7. The molecule has 0 saturated heterocycles. The Morgan fingerprint density at radius 2 is 1.29 bits per heavy atom. The van der Waals surface area contributed by atoms with Gasteiger partial charge in [-0.2, -0.15) is 0 Å². The molecule has 0 bridgehead atoms. The summed E-state index contributed by atoms with van der Waals surface area (Å²) in [5.74, 6) is -0.278. The highest BCUT2D eigenvalue weighted by atomic mass is 32.1. The number of methoxy groups -OCH3 is 1. The van der Waals surface area contributed by atoms with Crippen LogP contribution in [-0.4, -0.2) is 35.1 Å². The molecule has 0 aromatic heterocycles. The van der Waals surface area contributed by atoms with E-state index in [9.17, 15) is 4.79 Å². The van der Waals surface area contributed by atoms with Crippen LogP contribution >= 0.6 is 12.2 Å². The monoisotopic (exact) mass is 477 g/mol. The van der Waals surface area contributed by atoms with E-state index in [0.717, 1.165) is 10.6 Å². The quantitative estimate of drug-likeness (QED) is 0.292. The zero-order valence-electron chi connectivity index (χ0n) is 20.5. The number of carbonyl (C=O) groups excluding carboxylic acids is 1. The van der Waals surface area contributed by atoms with Gasteiger partial charge in [-0.05, 0) is 36.8 Å². The summed E-state index contributed by atoms with van der Waals surface area (Å²) in [7, 11) is 1.48. The fourth-order valence-corrected chi connectivity index (χ4v) is 6.73. The van der Waals surface area contributed by atoms with Gasteiger partial charge in [0.15, 0.2) is 0 Å². The number of esters is 1. The van der Waals surface area contributed by atoms with Crippen LogP contribution in [0.25, 0.3) is 0 Å². The summed E-state index contributed by atoms with van der Waals surface area (Å²) in [6.45, 7) is 0. The molecule has 0 unspecified atom stereocenters. The number of benzene rings is 2. The molecule has 0 heterocycles. The van der Waals surface area contributed by atoms with Crippen molar-refractivity contribution in [3.05, 3.63) is 71.8 Å². The van der Waals surface area contributed by atoms with Crippen LogP contribution in [0.4, 0.5) is 0 Å². The van der Waals surface area contributed by atoms with Crippen molar-refractivity contribution in [2.24, 2.45) is 0 Å². The number of thiocarbonyl (C=S) groups is 1. The first-order valence-corrected chi connectivity index (χ1v) is 13.6. The molecule has 2 aromatic rings. The molecule has 2 aliphatic rings. The number of nitrogens with zero attached hydrogens (tertiary/aromatic N) is 1. The molecule has 0 radical (unpaired) electrons. The number of ether oxygens (including phenoxy) is 1. The zero-order valence-corrected chi connectivity index (χ0v) is 21.3. The number of hydrogen-bond donors (Lipinski definition) is 0. The van der Waals surface area contributed by atoms with E-state index >= 15 is 0 Å². The Labute approximate surface area is 210 Å². The summed E-state index contributed by atoms with van der Waals surface area (Å²) >= 11 is 6.48. The number of carbonyl (C=O) groups is 1.